The Kier molecular flexibility index (Phi) is 4.82. The third-order valence-corrected chi connectivity index (χ3v) is 8.01. The molecule has 1 aromatic heterocycles. The maximum absolute atomic E-state index is 11.5. The zero-order chi connectivity index (χ0) is 21.0. The van der Waals surface area contributed by atoms with Gasteiger partial charge in [0.25, 0.3) is 0 Å². The zero-order valence-electron chi connectivity index (χ0n) is 17.8. The third-order valence-electron chi connectivity index (χ3n) is 8.01. The minimum atomic E-state index is -0.826. The smallest absolute Gasteiger partial charge is 0.336 e. The molecule has 2 fully saturated rings. The van der Waals surface area contributed by atoms with Gasteiger partial charge in [-0.1, -0.05) is 20.8 Å². The van der Waals surface area contributed by atoms with Crippen LogP contribution in [-0.2, 0) is 0 Å². The monoisotopic (exact) mass is 400 g/mol. The molecule has 1 aromatic carbocycles. The summed E-state index contributed by atoms with van der Waals surface area (Å²) in [6.07, 6.45) is 2.91. The first kappa shape index (κ1) is 20.4. The summed E-state index contributed by atoms with van der Waals surface area (Å²) in [6, 6.07) is 8.62. The van der Waals surface area contributed by atoms with Gasteiger partial charge in [0.2, 0.25) is 0 Å². The lowest BCUT2D eigenvalue weighted by molar-refractivity contribution is -0.201. The summed E-state index contributed by atoms with van der Waals surface area (Å²) in [5, 5.41) is 22.7. The van der Waals surface area contributed by atoms with Crippen LogP contribution >= 0.6 is 0 Å². The highest BCUT2D eigenvalue weighted by Crippen LogP contribution is 2.61. The van der Waals surface area contributed by atoms with Gasteiger partial charge in [0, 0.05) is 23.4 Å². The van der Waals surface area contributed by atoms with Crippen LogP contribution in [0.5, 0.6) is 5.75 Å². The van der Waals surface area contributed by atoms with E-state index in [4.69, 9.17) is 9.15 Å². The Morgan fingerprint density at radius 1 is 1.10 bits per heavy atom. The van der Waals surface area contributed by atoms with Gasteiger partial charge in [-0.25, -0.2) is 4.79 Å². The largest absolute Gasteiger partial charge is 0.493 e. The fourth-order valence-electron chi connectivity index (χ4n) is 6.20. The van der Waals surface area contributed by atoms with Crippen LogP contribution in [-0.4, -0.2) is 28.5 Å². The highest BCUT2D eigenvalue weighted by atomic mass is 16.5. The van der Waals surface area contributed by atoms with E-state index in [2.05, 4.69) is 20.8 Å². The Hall–Kier alpha value is -1.85. The molecule has 2 aliphatic carbocycles. The summed E-state index contributed by atoms with van der Waals surface area (Å²) in [5.74, 6) is 0.893. The molecule has 2 N–H and O–H groups in total. The molecule has 0 bridgehead atoms. The first-order chi connectivity index (χ1) is 13.5. The van der Waals surface area contributed by atoms with Gasteiger partial charge in [0.05, 0.1) is 18.3 Å². The molecule has 0 aliphatic heterocycles. The summed E-state index contributed by atoms with van der Waals surface area (Å²) >= 11 is 0. The molecule has 0 unspecified atom stereocenters. The summed E-state index contributed by atoms with van der Waals surface area (Å²) in [5.41, 5.74) is -1.02. The molecule has 29 heavy (non-hydrogen) atoms. The Labute approximate surface area is 171 Å². The highest BCUT2D eigenvalue weighted by molar-refractivity contribution is 5.77. The van der Waals surface area contributed by atoms with E-state index in [0.717, 1.165) is 24.6 Å². The van der Waals surface area contributed by atoms with Crippen molar-refractivity contribution in [3.8, 4) is 5.75 Å². The van der Waals surface area contributed by atoms with Gasteiger partial charge < -0.3 is 19.4 Å². The fraction of sp³-hybridized carbons (Fsp3) is 0.625. The predicted octanol–water partition coefficient (Wildman–Crippen LogP) is 4.14. The van der Waals surface area contributed by atoms with E-state index < -0.39 is 5.60 Å². The van der Waals surface area contributed by atoms with Crippen molar-refractivity contribution < 1.29 is 19.4 Å². The summed E-state index contributed by atoms with van der Waals surface area (Å²) in [7, 11) is 0. The molecule has 5 heteroatoms. The van der Waals surface area contributed by atoms with E-state index in [-0.39, 0.29) is 28.5 Å². The molecule has 0 radical (unpaired) electrons. The Bertz CT molecular complexity index is 959. The zero-order valence-corrected chi connectivity index (χ0v) is 17.8. The van der Waals surface area contributed by atoms with E-state index in [1.807, 2.05) is 19.1 Å². The minimum absolute atomic E-state index is 0.0565. The van der Waals surface area contributed by atoms with Gasteiger partial charge in [0.1, 0.15) is 11.3 Å². The quantitative estimate of drug-likeness (QED) is 0.757. The van der Waals surface area contributed by atoms with Crippen molar-refractivity contribution in [3.63, 3.8) is 0 Å². The fourth-order valence-corrected chi connectivity index (χ4v) is 6.20. The SMILES string of the molecule is CC1(C)[C@H](O)CC[C@@]2(C)[C@@H]1CC[C@@](C)(O)[C@@H]2COc1ccc2ccc(=O)oc2c1. The number of ether oxygens (including phenoxy) is 1. The molecule has 1 heterocycles. The molecule has 5 nitrogen and oxygen atoms in total. The number of benzene rings is 1. The standard InChI is InChI=1S/C24H32O5/c1-22(2)18-9-12-24(4,27)19(23(18,3)11-10-20(22)25)14-28-16-7-5-15-6-8-21(26)29-17(15)13-16/h5-8,13,18-20,25,27H,9-12,14H2,1-4H3/t18-,19-,20-,23+,24-/m1/s1. The van der Waals surface area contributed by atoms with Crippen molar-refractivity contribution in [1.82, 2.24) is 0 Å². The number of aliphatic hydroxyl groups is 2. The molecule has 2 aromatic rings. The lowest BCUT2D eigenvalue weighted by atomic mass is 9.45. The molecular formula is C24H32O5. The van der Waals surface area contributed by atoms with Gasteiger partial charge in [-0.3, -0.25) is 0 Å². The number of hydrogen-bond acceptors (Lipinski definition) is 5. The van der Waals surface area contributed by atoms with Gasteiger partial charge in [-0.05, 0) is 67.6 Å². The third kappa shape index (κ3) is 3.38. The Morgan fingerprint density at radius 3 is 2.59 bits per heavy atom. The van der Waals surface area contributed by atoms with Crippen LogP contribution in [0.15, 0.2) is 39.5 Å². The second-order valence-corrected chi connectivity index (χ2v) is 10.1. The molecule has 0 amide bonds. The predicted molar refractivity (Wildman–Crippen MR) is 112 cm³/mol. The van der Waals surface area contributed by atoms with E-state index in [1.54, 1.807) is 12.1 Å². The van der Waals surface area contributed by atoms with E-state index in [0.29, 0.717) is 30.3 Å². The van der Waals surface area contributed by atoms with Crippen LogP contribution in [0.2, 0.25) is 0 Å². The lowest BCUT2D eigenvalue weighted by Crippen LogP contribution is -2.61. The number of aliphatic hydroxyl groups excluding tert-OH is 1. The molecule has 4 rings (SSSR count). The maximum Gasteiger partial charge on any atom is 0.336 e. The van der Waals surface area contributed by atoms with Gasteiger partial charge in [-0.15, -0.1) is 0 Å². The van der Waals surface area contributed by atoms with Crippen LogP contribution in [0.1, 0.15) is 53.4 Å². The van der Waals surface area contributed by atoms with E-state index in [1.165, 1.54) is 6.07 Å². The van der Waals surface area contributed by atoms with Crippen LogP contribution in [0.3, 0.4) is 0 Å². The van der Waals surface area contributed by atoms with Crippen LogP contribution in [0.25, 0.3) is 11.0 Å². The average Bonchev–Trinajstić information content (AvgIpc) is 2.64. The minimum Gasteiger partial charge on any atom is -0.493 e. The van der Waals surface area contributed by atoms with Gasteiger partial charge in [0.15, 0.2) is 0 Å². The van der Waals surface area contributed by atoms with Crippen molar-refractivity contribution in [2.45, 2.75) is 65.1 Å². The second-order valence-electron chi connectivity index (χ2n) is 10.1. The van der Waals surface area contributed by atoms with Gasteiger partial charge >= 0.3 is 5.63 Å². The van der Waals surface area contributed by atoms with Crippen molar-refractivity contribution in [1.29, 1.82) is 0 Å². The normalized spacial score (nSPS) is 36.6. The molecule has 0 saturated heterocycles. The lowest BCUT2D eigenvalue weighted by Gasteiger charge is -2.62. The number of fused-ring (bicyclic) bond motifs is 2. The van der Waals surface area contributed by atoms with Crippen LogP contribution < -0.4 is 10.4 Å². The molecular weight excluding hydrogens is 368 g/mol. The molecule has 158 valence electrons. The maximum atomic E-state index is 11.5. The molecule has 0 spiro atoms. The molecule has 2 saturated carbocycles. The second kappa shape index (κ2) is 6.85. The topological polar surface area (TPSA) is 79.9 Å². The van der Waals surface area contributed by atoms with E-state index >= 15 is 0 Å². The van der Waals surface area contributed by atoms with Crippen molar-refractivity contribution in [2.75, 3.05) is 6.61 Å². The average molecular weight is 401 g/mol. The first-order valence-electron chi connectivity index (χ1n) is 10.6. The van der Waals surface area contributed by atoms with Crippen LogP contribution in [0, 0.1) is 22.7 Å². The first-order valence-corrected chi connectivity index (χ1v) is 10.6. The van der Waals surface area contributed by atoms with Crippen molar-refractivity contribution in [3.05, 3.63) is 40.8 Å². The molecule has 5 atom stereocenters. The van der Waals surface area contributed by atoms with Crippen molar-refractivity contribution >= 4 is 11.0 Å². The van der Waals surface area contributed by atoms with E-state index in [9.17, 15) is 15.0 Å². The Balaban J connectivity index is 1.61. The van der Waals surface area contributed by atoms with Gasteiger partial charge in [-0.2, -0.15) is 0 Å². The summed E-state index contributed by atoms with van der Waals surface area (Å²) in [6.45, 7) is 8.87. The van der Waals surface area contributed by atoms with Crippen LogP contribution in [0.4, 0.5) is 0 Å². The summed E-state index contributed by atoms with van der Waals surface area (Å²) < 4.78 is 11.4. The van der Waals surface area contributed by atoms with Crippen molar-refractivity contribution in [2.24, 2.45) is 22.7 Å². The summed E-state index contributed by atoms with van der Waals surface area (Å²) in [4.78, 5) is 11.5. The number of hydrogen-bond donors (Lipinski definition) is 2. The Morgan fingerprint density at radius 2 is 1.83 bits per heavy atom. The number of rotatable bonds is 3. The molecule has 2 aliphatic rings. The highest BCUT2D eigenvalue weighted by Gasteiger charge is 2.60.